The zero-order valence-corrected chi connectivity index (χ0v) is 20.0. The number of oxazole rings is 1. The number of hydrogen-bond donors (Lipinski definition) is 0. The number of rotatable bonds is 5. The van der Waals surface area contributed by atoms with Crippen molar-refractivity contribution in [1.29, 1.82) is 0 Å². The first-order valence-electron chi connectivity index (χ1n) is 11.2. The van der Waals surface area contributed by atoms with Crippen molar-refractivity contribution in [1.82, 2.24) is 23.7 Å². The molecule has 3 aromatic carbocycles. The van der Waals surface area contributed by atoms with E-state index in [0.717, 1.165) is 27.8 Å². The molecule has 0 aliphatic heterocycles. The van der Waals surface area contributed by atoms with Gasteiger partial charge in [0.25, 0.3) is 5.56 Å². The summed E-state index contributed by atoms with van der Waals surface area (Å²) in [6.45, 7) is 4.46. The topological polar surface area (TPSA) is 87.3 Å². The molecule has 0 unspecified atom stereocenters. The summed E-state index contributed by atoms with van der Waals surface area (Å²) in [7, 11) is 0. The molecule has 0 saturated heterocycles. The summed E-state index contributed by atoms with van der Waals surface area (Å²) in [5, 5.41) is 10.1. The zero-order valence-electron chi connectivity index (χ0n) is 19.1. The smallest absolute Gasteiger partial charge is 0.408 e. The quantitative estimate of drug-likeness (QED) is 0.339. The predicted molar refractivity (Wildman–Crippen MR) is 137 cm³/mol. The highest BCUT2D eigenvalue weighted by atomic mass is 32.2. The summed E-state index contributed by atoms with van der Waals surface area (Å²) >= 11 is 1.48. The highest BCUT2D eigenvalue weighted by molar-refractivity contribution is 7.99. The molecular formula is C26H21N5O3S. The van der Waals surface area contributed by atoms with Gasteiger partial charge in [0.2, 0.25) is 5.78 Å². The fourth-order valence-corrected chi connectivity index (χ4v) is 5.36. The van der Waals surface area contributed by atoms with Crippen molar-refractivity contribution >= 4 is 39.5 Å². The van der Waals surface area contributed by atoms with Crippen molar-refractivity contribution in [3.05, 3.63) is 98.8 Å². The van der Waals surface area contributed by atoms with Crippen LogP contribution in [0.1, 0.15) is 11.1 Å². The van der Waals surface area contributed by atoms with Crippen LogP contribution in [0.3, 0.4) is 0 Å². The van der Waals surface area contributed by atoms with E-state index in [9.17, 15) is 9.59 Å². The maximum atomic E-state index is 13.5. The molecule has 0 saturated carbocycles. The highest BCUT2D eigenvalue weighted by Gasteiger charge is 2.19. The van der Waals surface area contributed by atoms with E-state index in [1.807, 2.05) is 78.9 Å². The van der Waals surface area contributed by atoms with E-state index in [-0.39, 0.29) is 11.3 Å². The van der Waals surface area contributed by atoms with Crippen molar-refractivity contribution in [3.63, 3.8) is 0 Å². The number of benzene rings is 3. The molecule has 0 N–H and O–H groups in total. The number of fused-ring (bicyclic) bond motifs is 4. The summed E-state index contributed by atoms with van der Waals surface area (Å²) in [5.74, 6) is 0.641. The molecule has 0 radical (unpaired) electrons. The van der Waals surface area contributed by atoms with E-state index in [2.05, 4.69) is 10.2 Å². The molecule has 0 atom stereocenters. The molecule has 3 aromatic heterocycles. The van der Waals surface area contributed by atoms with E-state index in [1.54, 1.807) is 15.2 Å². The first-order valence-corrected chi connectivity index (χ1v) is 12.2. The van der Waals surface area contributed by atoms with Gasteiger partial charge in [0, 0.05) is 12.3 Å². The predicted octanol–water partition coefficient (Wildman–Crippen LogP) is 4.35. The Kier molecular flexibility index (Phi) is 5.07. The monoisotopic (exact) mass is 483 g/mol. The lowest BCUT2D eigenvalue weighted by atomic mass is 10.1. The van der Waals surface area contributed by atoms with Gasteiger partial charge in [-0.3, -0.25) is 13.8 Å². The number of para-hydroxylation sites is 3. The maximum Gasteiger partial charge on any atom is 0.419 e. The van der Waals surface area contributed by atoms with Crippen LogP contribution in [0.5, 0.6) is 0 Å². The Bertz CT molecular complexity index is 1860. The van der Waals surface area contributed by atoms with Gasteiger partial charge in [-0.2, -0.15) is 0 Å². The van der Waals surface area contributed by atoms with Crippen LogP contribution >= 0.6 is 11.8 Å². The summed E-state index contributed by atoms with van der Waals surface area (Å²) in [4.78, 5) is 25.9. The van der Waals surface area contributed by atoms with Crippen LogP contribution in [0.15, 0.2) is 85.9 Å². The minimum atomic E-state index is -0.382. The molecule has 9 heteroatoms. The summed E-state index contributed by atoms with van der Waals surface area (Å²) in [6, 6.07) is 20.8. The Morgan fingerprint density at radius 1 is 0.914 bits per heavy atom. The number of aromatic nitrogens is 5. The molecule has 0 aliphatic rings. The van der Waals surface area contributed by atoms with Gasteiger partial charge < -0.3 is 4.42 Å². The van der Waals surface area contributed by atoms with Gasteiger partial charge in [-0.1, -0.05) is 53.7 Å². The van der Waals surface area contributed by atoms with Gasteiger partial charge in [-0.05, 0) is 49.7 Å². The first kappa shape index (κ1) is 21.4. The first-order chi connectivity index (χ1) is 17.0. The average Bonchev–Trinajstić information content (AvgIpc) is 3.41. The van der Waals surface area contributed by atoms with Crippen LogP contribution in [0, 0.1) is 13.8 Å². The Labute approximate surface area is 203 Å². The van der Waals surface area contributed by atoms with Gasteiger partial charge in [-0.25, -0.2) is 9.36 Å². The number of aryl methyl sites for hydroxylation is 3. The second kappa shape index (κ2) is 8.28. The lowest BCUT2D eigenvalue weighted by Crippen LogP contribution is -2.22. The molecule has 3 heterocycles. The summed E-state index contributed by atoms with van der Waals surface area (Å²) < 4.78 is 10.5. The molecule has 0 aliphatic carbocycles. The SMILES string of the molecule is Cc1ccc(-n2c(=O)c3ccccc3n3c(SCCn4c(=O)oc5ccccc54)nnc23)c(C)c1. The van der Waals surface area contributed by atoms with E-state index in [1.165, 1.54) is 11.8 Å². The van der Waals surface area contributed by atoms with Gasteiger partial charge in [-0.15, -0.1) is 10.2 Å². The molecule has 35 heavy (non-hydrogen) atoms. The highest BCUT2D eigenvalue weighted by Crippen LogP contribution is 2.25. The van der Waals surface area contributed by atoms with Crippen LogP contribution in [0.4, 0.5) is 0 Å². The molecular weight excluding hydrogens is 462 g/mol. The number of nitrogens with zero attached hydrogens (tertiary/aromatic N) is 5. The van der Waals surface area contributed by atoms with E-state index in [0.29, 0.717) is 34.2 Å². The summed E-state index contributed by atoms with van der Waals surface area (Å²) in [5.41, 5.74) is 4.81. The second-order valence-corrected chi connectivity index (χ2v) is 9.46. The molecule has 0 amide bonds. The number of hydrogen-bond acceptors (Lipinski definition) is 6. The molecule has 174 valence electrons. The van der Waals surface area contributed by atoms with Crippen LogP contribution in [-0.2, 0) is 6.54 Å². The molecule has 0 bridgehead atoms. The largest absolute Gasteiger partial charge is 0.419 e. The van der Waals surface area contributed by atoms with Crippen molar-refractivity contribution in [2.75, 3.05) is 5.75 Å². The fraction of sp³-hybridized carbons (Fsp3) is 0.154. The van der Waals surface area contributed by atoms with Crippen molar-refractivity contribution < 1.29 is 4.42 Å². The molecule has 8 nitrogen and oxygen atoms in total. The normalized spacial score (nSPS) is 11.7. The lowest BCUT2D eigenvalue weighted by molar-refractivity contribution is 0.514. The fourth-order valence-electron chi connectivity index (χ4n) is 4.50. The maximum absolute atomic E-state index is 13.5. The van der Waals surface area contributed by atoms with Gasteiger partial charge in [0.05, 0.1) is 22.1 Å². The van der Waals surface area contributed by atoms with Crippen LogP contribution in [0.2, 0.25) is 0 Å². The van der Waals surface area contributed by atoms with Gasteiger partial charge in [0.15, 0.2) is 10.7 Å². The Balaban J connectivity index is 1.46. The second-order valence-electron chi connectivity index (χ2n) is 8.40. The average molecular weight is 484 g/mol. The van der Waals surface area contributed by atoms with Crippen molar-refractivity contribution in [3.8, 4) is 5.69 Å². The minimum absolute atomic E-state index is 0.138. The lowest BCUT2D eigenvalue weighted by Gasteiger charge is -2.13. The minimum Gasteiger partial charge on any atom is -0.408 e. The Morgan fingerprint density at radius 3 is 2.51 bits per heavy atom. The van der Waals surface area contributed by atoms with Gasteiger partial charge in [0.1, 0.15) is 0 Å². The van der Waals surface area contributed by atoms with E-state index in [4.69, 9.17) is 4.42 Å². The van der Waals surface area contributed by atoms with Gasteiger partial charge >= 0.3 is 5.76 Å². The van der Waals surface area contributed by atoms with E-state index >= 15 is 0 Å². The van der Waals surface area contributed by atoms with Crippen molar-refractivity contribution in [2.24, 2.45) is 0 Å². The van der Waals surface area contributed by atoms with E-state index < -0.39 is 0 Å². The third-order valence-corrected chi connectivity index (χ3v) is 7.02. The molecule has 0 fully saturated rings. The molecule has 6 rings (SSSR count). The third kappa shape index (κ3) is 3.47. The van der Waals surface area contributed by atoms with Crippen LogP contribution in [-0.4, -0.2) is 29.5 Å². The van der Waals surface area contributed by atoms with Crippen molar-refractivity contribution in [2.45, 2.75) is 25.5 Å². The number of thioether (sulfide) groups is 1. The third-order valence-electron chi connectivity index (χ3n) is 6.11. The molecule has 6 aromatic rings. The van der Waals surface area contributed by atoms with Crippen LogP contribution < -0.4 is 11.3 Å². The van der Waals surface area contributed by atoms with Crippen LogP contribution in [0.25, 0.3) is 33.5 Å². The zero-order chi connectivity index (χ0) is 24.1. The molecule has 0 spiro atoms. The Hall–Kier alpha value is -4.11. The summed E-state index contributed by atoms with van der Waals surface area (Å²) in [6.07, 6.45) is 0. The standard InChI is InChI=1S/C26H21N5O3S/c1-16-11-12-19(17(2)15-16)30-23(32)18-7-3-4-8-20(18)31-24(30)27-28-25(31)35-14-13-29-21-9-5-6-10-22(21)34-26(29)33/h3-12,15H,13-14H2,1-2H3. The Morgan fingerprint density at radius 2 is 1.69 bits per heavy atom.